The first-order valence-electron chi connectivity index (χ1n) is 11.1. The fraction of sp³-hybridized carbons (Fsp3) is 0. The molecule has 0 bridgehead atoms. The van der Waals surface area contributed by atoms with Crippen LogP contribution < -0.4 is 0 Å². The van der Waals surface area contributed by atoms with Crippen LogP contribution in [0.2, 0.25) is 0 Å². The summed E-state index contributed by atoms with van der Waals surface area (Å²) in [5.41, 5.74) is 2.01. The van der Waals surface area contributed by atoms with Gasteiger partial charge in [-0.15, -0.1) is 20.5 Å². The highest BCUT2D eigenvalue weighted by Crippen LogP contribution is 2.35. The number of nitro benzene ring substituents is 1. The van der Waals surface area contributed by atoms with Crippen LogP contribution in [0.15, 0.2) is 110 Å². The Morgan fingerprint density at radius 2 is 1.61 bits per heavy atom. The molecule has 5 aromatic rings. The highest BCUT2D eigenvalue weighted by Gasteiger charge is 2.12. The number of aromatic hydroxyl groups is 2. The Hall–Kier alpha value is -5.36. The summed E-state index contributed by atoms with van der Waals surface area (Å²) in [6, 6.07) is 22.5. The fourth-order valence-electron chi connectivity index (χ4n) is 3.36. The average molecular weight is 524 g/mol. The molecule has 0 fully saturated rings. The van der Waals surface area contributed by atoms with Crippen LogP contribution in [0.4, 0.5) is 33.6 Å². The number of benzene rings is 4. The first kappa shape index (κ1) is 24.3. The van der Waals surface area contributed by atoms with Crippen LogP contribution in [-0.4, -0.2) is 26.3 Å². The molecular formula is C26H17N7O4S. The zero-order valence-electron chi connectivity index (χ0n) is 19.4. The quantitative estimate of drug-likeness (QED) is 0.0950. The van der Waals surface area contributed by atoms with E-state index in [4.69, 9.17) is 0 Å². The molecule has 5 rings (SSSR count). The highest BCUT2D eigenvalue weighted by atomic mass is 32.1. The van der Waals surface area contributed by atoms with Crippen LogP contribution >= 0.6 is 11.3 Å². The summed E-state index contributed by atoms with van der Waals surface area (Å²) in [4.78, 5) is 19.4. The molecule has 2 N–H and O–H groups in total. The molecule has 4 aromatic carbocycles. The molecule has 186 valence electrons. The number of para-hydroxylation sites is 2. The molecule has 0 unspecified atom stereocenters. The lowest BCUT2D eigenvalue weighted by molar-refractivity contribution is -0.384. The number of phenolic OH excluding ortho intramolecular Hbond substituents is 2. The Morgan fingerprint density at radius 1 is 0.816 bits per heavy atom. The second-order valence-electron chi connectivity index (χ2n) is 7.78. The second-order valence-corrected chi connectivity index (χ2v) is 8.79. The molecule has 0 radical (unpaired) electrons. The third-order valence-electron chi connectivity index (χ3n) is 5.19. The van der Waals surface area contributed by atoms with Gasteiger partial charge in [-0.3, -0.25) is 15.1 Å². The molecule has 0 amide bonds. The summed E-state index contributed by atoms with van der Waals surface area (Å²) in [5.74, 6) is -0.111. The predicted octanol–water partition coefficient (Wildman–Crippen LogP) is 8.20. The summed E-state index contributed by atoms with van der Waals surface area (Å²) in [6.07, 6.45) is 1.38. The Kier molecular flexibility index (Phi) is 6.87. The van der Waals surface area contributed by atoms with Crippen LogP contribution in [0.3, 0.4) is 0 Å². The maximum Gasteiger partial charge on any atom is 0.296 e. The lowest BCUT2D eigenvalue weighted by atomic mass is 10.2. The van der Waals surface area contributed by atoms with E-state index >= 15 is 0 Å². The van der Waals surface area contributed by atoms with E-state index in [1.54, 1.807) is 18.2 Å². The molecule has 0 aliphatic rings. The number of aromatic nitrogens is 1. The predicted molar refractivity (Wildman–Crippen MR) is 145 cm³/mol. The van der Waals surface area contributed by atoms with E-state index in [-0.39, 0.29) is 34.2 Å². The second kappa shape index (κ2) is 10.7. The molecule has 1 aromatic heterocycles. The number of nitrogens with zero attached hydrogens (tertiary/aromatic N) is 7. The first-order chi connectivity index (χ1) is 18.5. The van der Waals surface area contributed by atoms with Crippen molar-refractivity contribution in [3.05, 3.63) is 101 Å². The smallest absolute Gasteiger partial charge is 0.296 e. The Balaban J connectivity index is 1.41. The number of azo groups is 2. The number of hydrogen-bond acceptors (Lipinski definition) is 11. The molecule has 0 saturated carbocycles. The van der Waals surface area contributed by atoms with Gasteiger partial charge >= 0.3 is 0 Å². The van der Waals surface area contributed by atoms with Gasteiger partial charge in [0.25, 0.3) is 5.69 Å². The molecule has 0 spiro atoms. The molecule has 0 atom stereocenters. The number of hydrogen-bond donors (Lipinski definition) is 2. The van der Waals surface area contributed by atoms with Crippen molar-refractivity contribution in [2.24, 2.45) is 25.4 Å². The highest BCUT2D eigenvalue weighted by molar-refractivity contribution is 7.21. The lowest BCUT2D eigenvalue weighted by Crippen LogP contribution is -1.87. The van der Waals surface area contributed by atoms with Crippen molar-refractivity contribution in [3.8, 4) is 11.5 Å². The van der Waals surface area contributed by atoms with Gasteiger partial charge in [0.2, 0.25) is 5.13 Å². The van der Waals surface area contributed by atoms with Crippen molar-refractivity contribution >= 4 is 61.3 Å². The van der Waals surface area contributed by atoms with Crippen molar-refractivity contribution in [3.63, 3.8) is 0 Å². The largest absolute Gasteiger partial charge is 0.508 e. The summed E-state index contributed by atoms with van der Waals surface area (Å²) >= 11 is 1.41. The molecular weight excluding hydrogens is 506 g/mol. The summed E-state index contributed by atoms with van der Waals surface area (Å²) in [6.45, 7) is 0. The normalized spacial score (nSPS) is 11.8. The molecule has 11 nitrogen and oxygen atoms in total. The Morgan fingerprint density at radius 3 is 2.45 bits per heavy atom. The maximum absolute atomic E-state index is 11.2. The van der Waals surface area contributed by atoms with Crippen molar-refractivity contribution in [1.82, 2.24) is 4.98 Å². The van der Waals surface area contributed by atoms with Crippen LogP contribution in [0.5, 0.6) is 11.5 Å². The van der Waals surface area contributed by atoms with E-state index in [2.05, 4.69) is 30.4 Å². The van der Waals surface area contributed by atoms with Crippen molar-refractivity contribution < 1.29 is 15.1 Å². The molecule has 38 heavy (non-hydrogen) atoms. The zero-order chi connectivity index (χ0) is 26.5. The minimum Gasteiger partial charge on any atom is -0.508 e. The third-order valence-corrected chi connectivity index (χ3v) is 6.11. The van der Waals surface area contributed by atoms with Gasteiger partial charge in [0.1, 0.15) is 17.2 Å². The van der Waals surface area contributed by atoms with Crippen LogP contribution in [0.25, 0.3) is 10.2 Å². The number of phenols is 2. The minimum absolute atomic E-state index is 0.0454. The lowest BCUT2D eigenvalue weighted by Gasteiger charge is -2.03. The zero-order valence-corrected chi connectivity index (χ0v) is 20.2. The van der Waals surface area contributed by atoms with Gasteiger partial charge in [0.05, 0.1) is 26.5 Å². The number of fused-ring (bicyclic) bond motifs is 1. The first-order valence-corrected chi connectivity index (χ1v) is 11.9. The van der Waals surface area contributed by atoms with E-state index in [9.17, 15) is 20.3 Å². The Labute approximate surface area is 219 Å². The monoisotopic (exact) mass is 523 g/mol. The van der Waals surface area contributed by atoms with Gasteiger partial charge in [0, 0.05) is 23.9 Å². The third kappa shape index (κ3) is 5.55. The van der Waals surface area contributed by atoms with Gasteiger partial charge in [-0.05, 0) is 48.5 Å². The number of aliphatic imine (C=N–C) groups is 1. The van der Waals surface area contributed by atoms with E-state index in [0.717, 1.165) is 10.2 Å². The number of nitro groups is 1. The standard InChI is InChI=1S/C26H17N7O4S/c34-18-10-11-19(30-31-20-5-1-3-7-23(20)33(36)37)22(14-18)27-15-16-13-17(9-12-24(16)35)29-32-26-28-21-6-2-4-8-25(21)38-26/h1-15,34-35H. The molecule has 0 saturated heterocycles. The van der Waals surface area contributed by atoms with Crippen molar-refractivity contribution in [2.45, 2.75) is 0 Å². The average Bonchev–Trinajstić information content (AvgIpc) is 3.34. The number of thiazole rings is 1. The van der Waals surface area contributed by atoms with Crippen molar-refractivity contribution in [2.75, 3.05) is 0 Å². The Bertz CT molecular complexity index is 1710. The van der Waals surface area contributed by atoms with E-state index in [0.29, 0.717) is 16.4 Å². The molecule has 0 aliphatic carbocycles. The van der Waals surface area contributed by atoms with Gasteiger partial charge < -0.3 is 10.2 Å². The van der Waals surface area contributed by atoms with Crippen molar-refractivity contribution in [1.29, 1.82) is 0 Å². The fourth-order valence-corrected chi connectivity index (χ4v) is 4.15. The molecule has 12 heteroatoms. The van der Waals surface area contributed by atoms with Crippen LogP contribution in [0, 0.1) is 10.1 Å². The van der Waals surface area contributed by atoms with Gasteiger partial charge in [0.15, 0.2) is 5.69 Å². The van der Waals surface area contributed by atoms with E-state index < -0.39 is 4.92 Å². The summed E-state index contributed by atoms with van der Waals surface area (Å²) in [7, 11) is 0. The van der Waals surface area contributed by atoms with Crippen LogP contribution in [0.1, 0.15) is 5.56 Å². The topological polar surface area (TPSA) is 158 Å². The summed E-state index contributed by atoms with van der Waals surface area (Å²) in [5, 5.41) is 48.5. The van der Waals surface area contributed by atoms with E-state index in [1.165, 1.54) is 60.0 Å². The van der Waals surface area contributed by atoms with E-state index in [1.807, 2.05) is 24.3 Å². The molecule has 0 aliphatic heterocycles. The van der Waals surface area contributed by atoms with Crippen LogP contribution in [-0.2, 0) is 0 Å². The number of rotatable bonds is 7. The van der Waals surface area contributed by atoms with Gasteiger partial charge in [-0.1, -0.05) is 35.6 Å². The van der Waals surface area contributed by atoms with Gasteiger partial charge in [-0.2, -0.15) is 0 Å². The molecule has 1 heterocycles. The van der Waals surface area contributed by atoms with Gasteiger partial charge in [-0.25, -0.2) is 4.98 Å². The SMILES string of the molecule is O=[N+]([O-])c1ccccc1N=Nc1ccc(O)cc1N=Cc1cc(N=Nc2nc3ccccc3s2)ccc1O. The maximum atomic E-state index is 11.2. The minimum atomic E-state index is -0.547. The summed E-state index contributed by atoms with van der Waals surface area (Å²) < 4.78 is 1.00.